The number of rotatable bonds is 3. The van der Waals surface area contributed by atoms with Gasteiger partial charge in [0.05, 0.1) is 16.9 Å². The molecule has 2 N–H and O–H groups in total. The summed E-state index contributed by atoms with van der Waals surface area (Å²) in [5.74, 6) is 5.30. The van der Waals surface area contributed by atoms with Crippen LogP contribution >= 0.6 is 11.3 Å². The molecule has 0 aliphatic rings. The predicted molar refractivity (Wildman–Crippen MR) is 82.8 cm³/mol. The number of aliphatic hydroxyl groups is 1. The molecule has 1 aromatic carbocycles. The summed E-state index contributed by atoms with van der Waals surface area (Å²) in [4.78, 5) is 3.95. The summed E-state index contributed by atoms with van der Waals surface area (Å²) in [5, 5.41) is 9.40. The zero-order valence-electron chi connectivity index (χ0n) is 11.5. The number of thiazole rings is 1. The highest BCUT2D eigenvalue weighted by Crippen LogP contribution is 2.22. The molecule has 7 heteroatoms. The summed E-state index contributed by atoms with van der Waals surface area (Å²) in [6.07, 6.45) is 1.34. The van der Waals surface area contributed by atoms with Crippen molar-refractivity contribution >= 4 is 27.0 Å². The number of hydrogen-bond donors (Lipinski definition) is 2. The smallest absolute Gasteiger partial charge is 0.273 e. The molecule has 0 aliphatic heterocycles. The molecular formula is C14H14N2O3S2. The van der Waals surface area contributed by atoms with E-state index in [1.807, 2.05) is 13.0 Å². The van der Waals surface area contributed by atoms with Crippen LogP contribution < -0.4 is 4.72 Å². The highest BCUT2D eigenvalue weighted by molar-refractivity contribution is 7.94. The number of benzene rings is 1. The number of sulfonamides is 1. The summed E-state index contributed by atoms with van der Waals surface area (Å²) >= 11 is 1.11. The van der Waals surface area contributed by atoms with Gasteiger partial charge < -0.3 is 5.11 Å². The number of nitrogens with one attached hydrogen (secondary N) is 1. The summed E-state index contributed by atoms with van der Waals surface area (Å²) in [7, 11) is -3.64. The average Bonchev–Trinajstić information content (AvgIpc) is 2.83. The lowest BCUT2D eigenvalue weighted by Crippen LogP contribution is -2.11. The van der Waals surface area contributed by atoms with Crippen LogP contribution in [-0.4, -0.2) is 25.1 Å². The zero-order valence-corrected chi connectivity index (χ0v) is 13.2. The van der Waals surface area contributed by atoms with E-state index in [2.05, 4.69) is 21.5 Å². The minimum Gasteiger partial charge on any atom is -0.384 e. The standard InChI is InChI=1S/C14H14N2O3S2/c1-10-6-12(4-3-5-17)8-13(7-10)16-21(18,19)14-9-15-11(2)20-14/h6-9,16-17H,5H2,1-2H3. The minimum absolute atomic E-state index is 0.171. The average molecular weight is 322 g/mol. The van der Waals surface area contributed by atoms with Crippen molar-refractivity contribution in [1.82, 2.24) is 4.98 Å². The Morgan fingerprint density at radius 3 is 2.71 bits per heavy atom. The maximum absolute atomic E-state index is 12.2. The van der Waals surface area contributed by atoms with Crippen LogP contribution in [0.3, 0.4) is 0 Å². The fourth-order valence-electron chi connectivity index (χ4n) is 1.73. The van der Waals surface area contributed by atoms with Crippen LogP contribution in [0.1, 0.15) is 16.1 Å². The third kappa shape index (κ3) is 4.04. The van der Waals surface area contributed by atoms with Crippen molar-refractivity contribution in [3.05, 3.63) is 40.5 Å². The van der Waals surface area contributed by atoms with Gasteiger partial charge >= 0.3 is 0 Å². The molecule has 0 amide bonds. The number of aromatic nitrogens is 1. The highest BCUT2D eigenvalue weighted by atomic mass is 32.2. The van der Waals surface area contributed by atoms with E-state index in [1.54, 1.807) is 19.1 Å². The van der Waals surface area contributed by atoms with Crippen molar-refractivity contribution in [2.24, 2.45) is 0 Å². The van der Waals surface area contributed by atoms with Gasteiger partial charge in [0.1, 0.15) is 6.61 Å². The molecule has 110 valence electrons. The maximum Gasteiger partial charge on any atom is 0.273 e. The number of aliphatic hydroxyl groups excluding tert-OH is 1. The Hall–Kier alpha value is -1.88. The van der Waals surface area contributed by atoms with Crippen molar-refractivity contribution in [3.63, 3.8) is 0 Å². The van der Waals surface area contributed by atoms with Gasteiger partial charge in [-0.15, -0.1) is 11.3 Å². The Bertz CT molecular complexity index is 814. The molecule has 0 unspecified atom stereocenters. The number of hydrogen-bond acceptors (Lipinski definition) is 5. The normalized spacial score (nSPS) is 10.8. The van der Waals surface area contributed by atoms with Crippen LogP contribution in [0.2, 0.25) is 0 Å². The van der Waals surface area contributed by atoms with Crippen LogP contribution in [0.25, 0.3) is 0 Å². The summed E-state index contributed by atoms with van der Waals surface area (Å²) < 4.78 is 27.2. The molecule has 0 fully saturated rings. The first-order chi connectivity index (χ1) is 9.90. The van der Waals surface area contributed by atoms with Crippen molar-refractivity contribution in [3.8, 4) is 11.8 Å². The third-order valence-electron chi connectivity index (χ3n) is 2.51. The fraction of sp³-hybridized carbons (Fsp3) is 0.214. The lowest BCUT2D eigenvalue weighted by Gasteiger charge is -2.07. The summed E-state index contributed by atoms with van der Waals surface area (Å²) in [6, 6.07) is 5.16. The lowest BCUT2D eigenvalue weighted by atomic mass is 10.1. The first kappa shape index (κ1) is 15.5. The Morgan fingerprint density at radius 2 is 2.10 bits per heavy atom. The van der Waals surface area contributed by atoms with Crippen molar-refractivity contribution in [1.29, 1.82) is 0 Å². The minimum atomic E-state index is -3.64. The molecule has 0 bridgehead atoms. The fourth-order valence-corrected chi connectivity index (χ4v) is 3.88. The molecule has 1 aromatic heterocycles. The SMILES string of the molecule is Cc1cc(C#CCO)cc(NS(=O)(=O)c2cnc(C)s2)c1. The monoisotopic (exact) mass is 322 g/mol. The number of aryl methyl sites for hydroxylation is 2. The van der Waals surface area contributed by atoms with Gasteiger partial charge in [-0.1, -0.05) is 11.8 Å². The van der Waals surface area contributed by atoms with Crippen molar-refractivity contribution < 1.29 is 13.5 Å². The van der Waals surface area contributed by atoms with Gasteiger partial charge in [-0.2, -0.15) is 0 Å². The highest BCUT2D eigenvalue weighted by Gasteiger charge is 2.17. The molecular weight excluding hydrogens is 308 g/mol. The van der Waals surface area contributed by atoms with Crippen LogP contribution in [0, 0.1) is 25.7 Å². The van der Waals surface area contributed by atoms with E-state index in [4.69, 9.17) is 5.11 Å². The summed E-state index contributed by atoms with van der Waals surface area (Å²) in [5.41, 5.74) is 1.95. The maximum atomic E-state index is 12.2. The second-order valence-corrected chi connectivity index (χ2v) is 7.50. The van der Waals surface area contributed by atoms with E-state index in [9.17, 15) is 8.42 Å². The second kappa shape index (κ2) is 6.26. The topological polar surface area (TPSA) is 79.3 Å². The van der Waals surface area contributed by atoms with Crippen molar-refractivity contribution in [2.75, 3.05) is 11.3 Å². The quantitative estimate of drug-likeness (QED) is 0.846. The van der Waals surface area contributed by atoms with E-state index in [-0.39, 0.29) is 10.8 Å². The van der Waals surface area contributed by atoms with E-state index >= 15 is 0 Å². The van der Waals surface area contributed by atoms with E-state index in [0.29, 0.717) is 16.3 Å². The first-order valence-corrected chi connectivity index (χ1v) is 8.37. The molecule has 0 radical (unpaired) electrons. The molecule has 1 heterocycles. The van der Waals surface area contributed by atoms with Crippen LogP contribution in [-0.2, 0) is 10.0 Å². The first-order valence-electron chi connectivity index (χ1n) is 6.07. The van der Waals surface area contributed by atoms with Gasteiger partial charge in [0.15, 0.2) is 4.21 Å². The van der Waals surface area contributed by atoms with Gasteiger partial charge in [0.25, 0.3) is 10.0 Å². The lowest BCUT2D eigenvalue weighted by molar-refractivity contribution is 0.350. The van der Waals surface area contributed by atoms with Gasteiger partial charge in [0, 0.05) is 5.56 Å². The van der Waals surface area contributed by atoms with E-state index in [0.717, 1.165) is 16.9 Å². The zero-order chi connectivity index (χ0) is 15.5. The Kier molecular flexibility index (Phi) is 4.63. The Labute approximate surface area is 127 Å². The molecule has 21 heavy (non-hydrogen) atoms. The number of nitrogens with zero attached hydrogens (tertiary/aromatic N) is 1. The van der Waals surface area contributed by atoms with Crippen LogP contribution in [0.15, 0.2) is 28.6 Å². The largest absolute Gasteiger partial charge is 0.384 e. The van der Waals surface area contributed by atoms with Crippen molar-refractivity contribution in [2.45, 2.75) is 18.1 Å². The second-order valence-electron chi connectivity index (χ2n) is 4.35. The van der Waals surface area contributed by atoms with Crippen LogP contribution in [0.5, 0.6) is 0 Å². The molecule has 0 saturated carbocycles. The molecule has 2 aromatic rings. The molecule has 0 spiro atoms. The molecule has 0 atom stereocenters. The molecule has 0 saturated heterocycles. The Balaban J connectivity index is 2.33. The predicted octanol–water partition coefficient (Wildman–Crippen LogP) is 1.90. The molecule has 0 aliphatic carbocycles. The van der Waals surface area contributed by atoms with Gasteiger partial charge in [-0.3, -0.25) is 4.72 Å². The molecule has 5 nitrogen and oxygen atoms in total. The van der Waals surface area contributed by atoms with Gasteiger partial charge in [-0.25, -0.2) is 13.4 Å². The Morgan fingerprint density at radius 1 is 1.33 bits per heavy atom. The van der Waals surface area contributed by atoms with E-state index < -0.39 is 10.0 Å². The number of anilines is 1. The van der Waals surface area contributed by atoms with Gasteiger partial charge in [-0.05, 0) is 37.6 Å². The summed E-state index contributed by atoms with van der Waals surface area (Å²) in [6.45, 7) is 3.35. The van der Waals surface area contributed by atoms with Gasteiger partial charge in [0.2, 0.25) is 0 Å². The van der Waals surface area contributed by atoms with E-state index in [1.165, 1.54) is 6.20 Å². The molecule has 2 rings (SSSR count). The van der Waals surface area contributed by atoms with Crippen LogP contribution in [0.4, 0.5) is 5.69 Å². The third-order valence-corrected chi connectivity index (χ3v) is 5.26.